The van der Waals surface area contributed by atoms with E-state index in [1.807, 2.05) is 44.2 Å². The summed E-state index contributed by atoms with van der Waals surface area (Å²) in [6.45, 7) is 9.11. The molecule has 114 valence electrons. The number of nitrogens with zero attached hydrogens (tertiary/aromatic N) is 5. The summed E-state index contributed by atoms with van der Waals surface area (Å²) in [5.74, 6) is 0.771. The van der Waals surface area contributed by atoms with Gasteiger partial charge in [-0.15, -0.1) is 5.10 Å². The summed E-state index contributed by atoms with van der Waals surface area (Å²) in [5, 5.41) is 22.1. The van der Waals surface area contributed by atoms with E-state index in [1.165, 1.54) is 0 Å². The average Bonchev–Trinajstić information content (AvgIpc) is 2.93. The van der Waals surface area contributed by atoms with Crippen LogP contribution in [-0.2, 0) is 0 Å². The first-order valence-electron chi connectivity index (χ1n) is 7.22. The summed E-state index contributed by atoms with van der Waals surface area (Å²) in [6.07, 6.45) is 0. The van der Waals surface area contributed by atoms with Gasteiger partial charge in [0, 0.05) is 6.54 Å². The Morgan fingerprint density at radius 3 is 2.52 bits per heavy atom. The molecule has 0 bridgehead atoms. The normalized spacial score (nSPS) is 13.6. The predicted molar refractivity (Wildman–Crippen MR) is 81.1 cm³/mol. The van der Waals surface area contributed by atoms with Crippen molar-refractivity contribution in [2.45, 2.75) is 39.3 Å². The van der Waals surface area contributed by atoms with E-state index in [-0.39, 0.29) is 6.04 Å². The van der Waals surface area contributed by atoms with Crippen molar-refractivity contribution in [2.24, 2.45) is 0 Å². The van der Waals surface area contributed by atoms with Gasteiger partial charge in [-0.1, -0.05) is 25.1 Å². The van der Waals surface area contributed by atoms with E-state index in [1.54, 1.807) is 4.68 Å². The van der Waals surface area contributed by atoms with E-state index in [0.29, 0.717) is 6.54 Å². The molecule has 1 aromatic carbocycles. The molecule has 6 heteroatoms. The number of benzene rings is 1. The van der Waals surface area contributed by atoms with Gasteiger partial charge < -0.3 is 5.11 Å². The minimum atomic E-state index is -0.755. The van der Waals surface area contributed by atoms with Gasteiger partial charge in [-0.05, 0) is 49.9 Å². The molecule has 0 aliphatic carbocycles. The van der Waals surface area contributed by atoms with Gasteiger partial charge in [0.1, 0.15) is 0 Å². The van der Waals surface area contributed by atoms with Crippen LogP contribution in [0, 0.1) is 0 Å². The van der Waals surface area contributed by atoms with Gasteiger partial charge in [0.25, 0.3) is 0 Å². The van der Waals surface area contributed by atoms with Crippen LogP contribution in [0.2, 0.25) is 0 Å². The SMILES string of the molecule is CCN(CC(C)(C)O)C(C)c1nnnn1-c1ccccc1. The number of rotatable bonds is 6. The van der Waals surface area contributed by atoms with E-state index >= 15 is 0 Å². The lowest BCUT2D eigenvalue weighted by Gasteiger charge is -2.32. The van der Waals surface area contributed by atoms with Crippen LogP contribution in [0.15, 0.2) is 30.3 Å². The molecule has 0 aliphatic rings. The second-order valence-corrected chi connectivity index (χ2v) is 5.84. The Morgan fingerprint density at radius 1 is 1.29 bits per heavy atom. The fourth-order valence-electron chi connectivity index (χ4n) is 2.39. The lowest BCUT2D eigenvalue weighted by molar-refractivity contribution is 0.0233. The van der Waals surface area contributed by atoms with E-state index in [2.05, 4.69) is 34.3 Å². The highest BCUT2D eigenvalue weighted by atomic mass is 16.3. The molecule has 6 nitrogen and oxygen atoms in total. The molecule has 0 saturated carbocycles. The van der Waals surface area contributed by atoms with E-state index in [0.717, 1.165) is 18.1 Å². The Kier molecular flexibility index (Phi) is 4.69. The van der Waals surface area contributed by atoms with Gasteiger partial charge in [0.05, 0.1) is 17.3 Å². The Labute approximate surface area is 125 Å². The first-order valence-corrected chi connectivity index (χ1v) is 7.22. The number of aliphatic hydroxyl groups is 1. The van der Waals surface area contributed by atoms with Crippen molar-refractivity contribution >= 4 is 0 Å². The molecule has 0 radical (unpaired) electrons. The Balaban J connectivity index is 2.28. The van der Waals surface area contributed by atoms with E-state index in [4.69, 9.17) is 0 Å². The number of aromatic nitrogens is 4. The van der Waals surface area contributed by atoms with Crippen LogP contribution in [0.4, 0.5) is 0 Å². The first-order chi connectivity index (χ1) is 9.92. The lowest BCUT2D eigenvalue weighted by atomic mass is 10.1. The van der Waals surface area contributed by atoms with Gasteiger partial charge in [-0.25, -0.2) is 0 Å². The largest absolute Gasteiger partial charge is 0.389 e. The predicted octanol–water partition coefficient (Wildman–Crippen LogP) is 1.82. The molecule has 2 aromatic rings. The average molecular weight is 289 g/mol. The third kappa shape index (κ3) is 3.86. The second-order valence-electron chi connectivity index (χ2n) is 5.84. The summed E-state index contributed by atoms with van der Waals surface area (Å²) in [7, 11) is 0. The molecule has 1 unspecified atom stereocenters. The van der Waals surface area contributed by atoms with Crippen molar-refractivity contribution in [2.75, 3.05) is 13.1 Å². The van der Waals surface area contributed by atoms with Gasteiger partial charge in [0.15, 0.2) is 5.82 Å². The Hall–Kier alpha value is -1.79. The minimum Gasteiger partial charge on any atom is -0.389 e. The molecule has 1 aromatic heterocycles. The van der Waals surface area contributed by atoms with Gasteiger partial charge in [-0.2, -0.15) is 4.68 Å². The zero-order chi connectivity index (χ0) is 15.5. The topological polar surface area (TPSA) is 67.1 Å². The highest BCUT2D eigenvalue weighted by Crippen LogP contribution is 2.21. The van der Waals surface area contributed by atoms with Crippen LogP contribution in [0.1, 0.15) is 39.6 Å². The molecule has 21 heavy (non-hydrogen) atoms. The first kappa shape index (κ1) is 15.6. The maximum absolute atomic E-state index is 10.1. The maximum Gasteiger partial charge on any atom is 0.173 e. The summed E-state index contributed by atoms with van der Waals surface area (Å²) in [6, 6.07) is 9.83. The molecule has 2 rings (SSSR count). The minimum absolute atomic E-state index is 0.0108. The maximum atomic E-state index is 10.1. The fraction of sp³-hybridized carbons (Fsp3) is 0.533. The second kappa shape index (κ2) is 6.32. The van der Waals surface area contributed by atoms with Crippen molar-refractivity contribution in [1.82, 2.24) is 25.1 Å². The van der Waals surface area contributed by atoms with Crippen molar-refractivity contribution in [3.63, 3.8) is 0 Å². The molecule has 0 aliphatic heterocycles. The van der Waals surface area contributed by atoms with E-state index in [9.17, 15) is 5.11 Å². The number of hydrogen-bond donors (Lipinski definition) is 1. The number of hydrogen-bond acceptors (Lipinski definition) is 5. The third-order valence-corrected chi connectivity index (χ3v) is 3.41. The molecule has 1 heterocycles. The zero-order valence-electron chi connectivity index (χ0n) is 13.1. The van der Waals surface area contributed by atoms with Crippen LogP contribution in [0.3, 0.4) is 0 Å². The van der Waals surface area contributed by atoms with Crippen molar-refractivity contribution < 1.29 is 5.11 Å². The van der Waals surface area contributed by atoms with Gasteiger partial charge in [-0.3, -0.25) is 4.90 Å². The van der Waals surface area contributed by atoms with E-state index < -0.39 is 5.60 Å². The number of likely N-dealkylation sites (N-methyl/N-ethyl adjacent to an activating group) is 1. The molecule has 0 saturated heterocycles. The van der Waals surface area contributed by atoms with Crippen LogP contribution < -0.4 is 0 Å². The fourth-order valence-corrected chi connectivity index (χ4v) is 2.39. The zero-order valence-corrected chi connectivity index (χ0v) is 13.1. The summed E-state index contributed by atoms with van der Waals surface area (Å²) >= 11 is 0. The molecular formula is C15H23N5O. The van der Waals surface area contributed by atoms with Crippen LogP contribution in [0.5, 0.6) is 0 Å². The molecule has 0 amide bonds. The highest BCUT2D eigenvalue weighted by Gasteiger charge is 2.26. The Morgan fingerprint density at radius 2 is 1.95 bits per heavy atom. The van der Waals surface area contributed by atoms with Crippen LogP contribution >= 0.6 is 0 Å². The van der Waals surface area contributed by atoms with Gasteiger partial charge >= 0.3 is 0 Å². The lowest BCUT2D eigenvalue weighted by Crippen LogP contribution is -2.40. The molecule has 1 atom stereocenters. The molecular weight excluding hydrogens is 266 g/mol. The number of tetrazole rings is 1. The molecule has 0 spiro atoms. The monoisotopic (exact) mass is 289 g/mol. The molecule has 1 N–H and O–H groups in total. The molecule has 0 fully saturated rings. The summed E-state index contributed by atoms with van der Waals surface area (Å²) < 4.78 is 1.75. The van der Waals surface area contributed by atoms with Crippen molar-refractivity contribution in [3.05, 3.63) is 36.2 Å². The highest BCUT2D eigenvalue weighted by molar-refractivity contribution is 5.30. The van der Waals surface area contributed by atoms with Gasteiger partial charge in [0.2, 0.25) is 0 Å². The smallest absolute Gasteiger partial charge is 0.173 e. The standard InChI is InChI=1S/C15H23N5O/c1-5-19(11-15(3,4)21)12(2)14-16-17-18-20(14)13-9-7-6-8-10-13/h6-10,12,21H,5,11H2,1-4H3. The summed E-state index contributed by atoms with van der Waals surface area (Å²) in [4.78, 5) is 2.16. The quantitative estimate of drug-likeness (QED) is 0.878. The third-order valence-electron chi connectivity index (χ3n) is 3.41. The van der Waals surface area contributed by atoms with Crippen molar-refractivity contribution in [1.29, 1.82) is 0 Å². The van der Waals surface area contributed by atoms with Crippen molar-refractivity contribution in [3.8, 4) is 5.69 Å². The Bertz CT molecular complexity index is 561. The van der Waals surface area contributed by atoms with Crippen LogP contribution in [-0.4, -0.2) is 48.9 Å². The van der Waals surface area contributed by atoms with Crippen LogP contribution in [0.25, 0.3) is 5.69 Å². The summed E-state index contributed by atoms with van der Waals surface area (Å²) in [5.41, 5.74) is 0.179. The number of para-hydroxylation sites is 1.